The molecule has 6 atom stereocenters. The molecule has 9 nitrogen and oxygen atoms in total. The first kappa shape index (κ1) is 34.6. The van der Waals surface area contributed by atoms with Gasteiger partial charge in [-0.05, 0) is 49.7 Å². The normalized spacial score (nSPS) is 22.0. The summed E-state index contributed by atoms with van der Waals surface area (Å²) in [6.45, 7) is 2.83. The number of nitrogens with zero attached hydrogens (tertiary/aromatic N) is 5. The SMILES string of the molecule is CO[C@H]1C(C(C)O)O[C@@H](c2nc(C)nn2-c2cc(Cl)ccc2C(F)(F)F)C(O)C1n1cc(-c2cc(F)c(F)c(F)c2)c(-c2ccccc2)n1. The van der Waals surface area contributed by atoms with Crippen LogP contribution in [0.3, 0.4) is 0 Å². The Bertz CT molecular complexity index is 1960. The second-order valence-electron chi connectivity index (χ2n) is 11.5. The number of aromatic nitrogens is 5. The van der Waals surface area contributed by atoms with Crippen LogP contribution in [0.15, 0.2) is 66.9 Å². The molecule has 49 heavy (non-hydrogen) atoms. The van der Waals surface area contributed by atoms with Crippen molar-refractivity contribution in [2.45, 2.75) is 56.6 Å². The zero-order valence-electron chi connectivity index (χ0n) is 25.9. The predicted octanol–water partition coefficient (Wildman–Crippen LogP) is 6.63. The molecular weight excluding hydrogens is 680 g/mol. The molecule has 1 saturated heterocycles. The molecule has 1 aliphatic rings. The summed E-state index contributed by atoms with van der Waals surface area (Å²) < 4.78 is 99.3. The van der Waals surface area contributed by atoms with Gasteiger partial charge in [0.2, 0.25) is 0 Å². The van der Waals surface area contributed by atoms with Crippen LogP contribution in [0.25, 0.3) is 28.1 Å². The van der Waals surface area contributed by atoms with Gasteiger partial charge in [0.1, 0.15) is 42.0 Å². The van der Waals surface area contributed by atoms with E-state index in [1.54, 1.807) is 30.3 Å². The maximum atomic E-state index is 14.4. The smallest absolute Gasteiger partial charge is 0.391 e. The molecule has 2 N–H and O–H groups in total. The highest BCUT2D eigenvalue weighted by atomic mass is 35.5. The Morgan fingerprint density at radius 2 is 1.65 bits per heavy atom. The van der Waals surface area contributed by atoms with Gasteiger partial charge in [0.15, 0.2) is 23.3 Å². The van der Waals surface area contributed by atoms with Crippen LogP contribution < -0.4 is 0 Å². The number of ether oxygens (including phenoxy) is 2. The number of hydrogen-bond donors (Lipinski definition) is 2. The lowest BCUT2D eigenvalue weighted by Crippen LogP contribution is -2.56. The number of alkyl halides is 3. The van der Waals surface area contributed by atoms with Crippen LogP contribution in [0, 0.1) is 24.4 Å². The zero-order valence-corrected chi connectivity index (χ0v) is 26.7. The standard InChI is InChI=1S/C33H28ClF6N5O4/c1-15(46)29-30(48-3)27(44-14-20(18-11-22(35)25(37)23(36)12-18)26(43-44)17-7-5-4-6-8-17)28(47)31(49-29)32-41-16(2)42-45(32)24-13-19(34)9-10-21(24)33(38,39)40/h4-15,27-31,46-47H,1-3H3/t15?,27?,28?,29?,30-,31-/m1/s1. The van der Waals surface area contributed by atoms with Crippen LogP contribution in [0.5, 0.6) is 0 Å². The average Bonchev–Trinajstić information content (AvgIpc) is 3.66. The molecule has 0 amide bonds. The van der Waals surface area contributed by atoms with Crippen molar-refractivity contribution in [3.63, 3.8) is 0 Å². The van der Waals surface area contributed by atoms with Crippen LogP contribution in [0.2, 0.25) is 5.02 Å². The summed E-state index contributed by atoms with van der Waals surface area (Å²) in [5, 5.41) is 31.7. The van der Waals surface area contributed by atoms with Crippen molar-refractivity contribution in [1.29, 1.82) is 0 Å². The van der Waals surface area contributed by atoms with E-state index in [4.69, 9.17) is 21.1 Å². The van der Waals surface area contributed by atoms with Gasteiger partial charge in [0.05, 0.1) is 17.4 Å². The van der Waals surface area contributed by atoms with E-state index in [9.17, 15) is 36.6 Å². The maximum absolute atomic E-state index is 14.4. The largest absolute Gasteiger partial charge is 0.418 e. The number of rotatable bonds is 7. The van der Waals surface area contributed by atoms with Gasteiger partial charge in [-0.25, -0.2) is 22.8 Å². The minimum absolute atomic E-state index is 0.0300. The van der Waals surface area contributed by atoms with Crippen molar-refractivity contribution in [2.24, 2.45) is 0 Å². The lowest BCUT2D eigenvalue weighted by atomic mass is 9.89. The minimum atomic E-state index is -4.83. The lowest BCUT2D eigenvalue weighted by molar-refractivity contribution is -0.230. The first-order chi connectivity index (χ1) is 23.2. The number of hydrogen-bond acceptors (Lipinski definition) is 7. The molecule has 16 heteroatoms. The molecule has 3 heterocycles. The molecular formula is C33H28ClF6N5O4. The van der Waals surface area contributed by atoms with E-state index in [2.05, 4.69) is 15.2 Å². The molecule has 0 spiro atoms. The van der Waals surface area contributed by atoms with Crippen LogP contribution in [0.1, 0.15) is 36.3 Å². The molecule has 1 fully saturated rings. The number of benzene rings is 3. The van der Waals surface area contributed by atoms with Crippen LogP contribution in [0.4, 0.5) is 26.3 Å². The monoisotopic (exact) mass is 707 g/mol. The molecule has 5 aromatic rings. The predicted molar refractivity (Wildman–Crippen MR) is 164 cm³/mol. The number of aliphatic hydroxyl groups is 2. The second kappa shape index (κ2) is 13.2. The fourth-order valence-corrected chi connectivity index (χ4v) is 6.23. The molecule has 0 saturated carbocycles. The molecule has 258 valence electrons. The Morgan fingerprint density at radius 1 is 0.980 bits per heavy atom. The summed E-state index contributed by atoms with van der Waals surface area (Å²) in [5.74, 6) is -4.75. The fraction of sp³-hybridized carbons (Fsp3) is 0.303. The molecule has 0 bridgehead atoms. The van der Waals surface area contributed by atoms with Gasteiger partial charge < -0.3 is 19.7 Å². The highest BCUT2D eigenvalue weighted by Gasteiger charge is 2.51. The van der Waals surface area contributed by atoms with E-state index in [0.29, 0.717) is 5.56 Å². The van der Waals surface area contributed by atoms with E-state index >= 15 is 0 Å². The van der Waals surface area contributed by atoms with Crippen LogP contribution in [-0.4, -0.2) is 66.3 Å². The third-order valence-electron chi connectivity index (χ3n) is 8.24. The number of methoxy groups -OCH3 is 1. The van der Waals surface area contributed by atoms with Crippen molar-refractivity contribution < 1.29 is 46.0 Å². The van der Waals surface area contributed by atoms with E-state index in [1.165, 1.54) is 31.8 Å². The van der Waals surface area contributed by atoms with Crippen LogP contribution >= 0.6 is 11.6 Å². The van der Waals surface area contributed by atoms with Gasteiger partial charge in [0.25, 0.3) is 0 Å². The van der Waals surface area contributed by atoms with Crippen LogP contribution in [-0.2, 0) is 15.7 Å². The van der Waals surface area contributed by atoms with Gasteiger partial charge in [-0.2, -0.15) is 23.4 Å². The number of halogens is 7. The molecule has 4 unspecified atom stereocenters. The van der Waals surface area contributed by atoms with E-state index < -0.39 is 71.4 Å². The molecule has 0 radical (unpaired) electrons. The summed E-state index contributed by atoms with van der Waals surface area (Å²) in [5.41, 5.74) is -0.811. The molecule has 2 aromatic heterocycles. The Hall–Kier alpha value is -4.28. The average molecular weight is 708 g/mol. The summed E-state index contributed by atoms with van der Waals surface area (Å²) in [6, 6.07) is 11.8. The summed E-state index contributed by atoms with van der Waals surface area (Å²) in [6.07, 6.45) is -10.3. The van der Waals surface area contributed by atoms with Crippen molar-refractivity contribution in [2.75, 3.05) is 7.11 Å². The zero-order chi connectivity index (χ0) is 35.4. The van der Waals surface area contributed by atoms with Gasteiger partial charge in [0, 0.05) is 29.5 Å². The Labute approximate surface area is 280 Å². The first-order valence-electron chi connectivity index (χ1n) is 14.8. The van der Waals surface area contributed by atoms with E-state index in [0.717, 1.165) is 35.0 Å². The van der Waals surface area contributed by atoms with Gasteiger partial charge in [-0.3, -0.25) is 4.68 Å². The van der Waals surface area contributed by atoms with Crippen molar-refractivity contribution >= 4 is 11.6 Å². The Kier molecular flexibility index (Phi) is 9.32. The highest BCUT2D eigenvalue weighted by Crippen LogP contribution is 2.44. The third-order valence-corrected chi connectivity index (χ3v) is 8.47. The third kappa shape index (κ3) is 6.44. The van der Waals surface area contributed by atoms with Crippen molar-refractivity contribution in [3.8, 4) is 28.1 Å². The summed E-state index contributed by atoms with van der Waals surface area (Å²) >= 11 is 6.10. The molecule has 3 aromatic carbocycles. The minimum Gasteiger partial charge on any atom is -0.391 e. The maximum Gasteiger partial charge on any atom is 0.418 e. The lowest BCUT2D eigenvalue weighted by Gasteiger charge is -2.45. The molecule has 0 aliphatic carbocycles. The topological polar surface area (TPSA) is 107 Å². The summed E-state index contributed by atoms with van der Waals surface area (Å²) in [7, 11) is 1.30. The van der Waals surface area contributed by atoms with Crippen molar-refractivity contribution in [1.82, 2.24) is 24.5 Å². The second-order valence-corrected chi connectivity index (χ2v) is 12.0. The van der Waals surface area contributed by atoms with Gasteiger partial charge in [-0.1, -0.05) is 41.9 Å². The molecule has 6 rings (SSSR count). The van der Waals surface area contributed by atoms with Gasteiger partial charge in [-0.15, -0.1) is 0 Å². The Morgan fingerprint density at radius 3 is 2.27 bits per heavy atom. The quantitative estimate of drug-likeness (QED) is 0.144. The Balaban J connectivity index is 1.54. The molecule has 1 aliphatic heterocycles. The number of aryl methyl sites for hydroxylation is 1. The van der Waals surface area contributed by atoms with Gasteiger partial charge >= 0.3 is 6.18 Å². The summed E-state index contributed by atoms with van der Waals surface area (Å²) in [4.78, 5) is 4.32. The van der Waals surface area contributed by atoms with E-state index in [-0.39, 0.29) is 33.5 Å². The highest BCUT2D eigenvalue weighted by molar-refractivity contribution is 6.30. The number of aliphatic hydroxyl groups excluding tert-OH is 2. The van der Waals surface area contributed by atoms with E-state index in [1.807, 2.05) is 0 Å². The van der Waals surface area contributed by atoms with Crippen molar-refractivity contribution in [3.05, 3.63) is 107 Å². The first-order valence-corrected chi connectivity index (χ1v) is 15.2. The fourth-order valence-electron chi connectivity index (χ4n) is 6.07.